The van der Waals surface area contributed by atoms with Crippen LogP contribution in [0.4, 0.5) is 17.1 Å². The highest BCUT2D eigenvalue weighted by atomic mass is 35.5. The molecule has 0 atom stereocenters. The van der Waals surface area contributed by atoms with Gasteiger partial charge in [0.15, 0.2) is 0 Å². The van der Waals surface area contributed by atoms with Gasteiger partial charge in [-0.3, -0.25) is 0 Å². The van der Waals surface area contributed by atoms with Gasteiger partial charge in [0.1, 0.15) is 0 Å². The van der Waals surface area contributed by atoms with Gasteiger partial charge in [-0.25, -0.2) is 0 Å². The fraction of sp³-hybridized carbons (Fsp3) is 0. The van der Waals surface area contributed by atoms with Crippen molar-refractivity contribution in [1.29, 1.82) is 0 Å². The van der Waals surface area contributed by atoms with Crippen molar-refractivity contribution in [3.05, 3.63) is 30.3 Å². The number of nitrogens with two attached hydrogens (primary N) is 3. The smallest absolute Gasteiger partial charge is 0.0787 e. The predicted molar refractivity (Wildman–Crippen MR) is 71.7 cm³/mol. The van der Waals surface area contributed by atoms with Crippen molar-refractivity contribution in [2.24, 2.45) is 0 Å². The molecule has 2 aromatic carbocycles. The number of halogens is 2. The van der Waals surface area contributed by atoms with E-state index in [0.29, 0.717) is 17.1 Å². The maximum Gasteiger partial charge on any atom is 0.0787 e. The van der Waals surface area contributed by atoms with Gasteiger partial charge < -0.3 is 17.2 Å². The Morgan fingerprint density at radius 3 is 2.07 bits per heavy atom. The highest BCUT2D eigenvalue weighted by Crippen LogP contribution is 2.31. The first-order chi connectivity index (χ1) is 6.20. The fourth-order valence-electron chi connectivity index (χ4n) is 1.41. The van der Waals surface area contributed by atoms with E-state index in [9.17, 15) is 0 Å². The molecule has 0 aliphatic carbocycles. The average Bonchev–Trinajstić information content (AvgIpc) is 2.15. The summed E-state index contributed by atoms with van der Waals surface area (Å²) < 4.78 is 0. The van der Waals surface area contributed by atoms with E-state index in [1.165, 1.54) is 0 Å². The highest BCUT2D eigenvalue weighted by Gasteiger charge is 2.04. The molecule has 0 saturated carbocycles. The normalized spacial score (nSPS) is 9.07. The summed E-state index contributed by atoms with van der Waals surface area (Å²) in [5.74, 6) is 0. The SMILES string of the molecule is Cl.Cl.Nc1cc2ccccc2c(N)c1N. The third kappa shape index (κ3) is 2.19. The van der Waals surface area contributed by atoms with Crippen molar-refractivity contribution in [1.82, 2.24) is 0 Å². The van der Waals surface area contributed by atoms with Crippen LogP contribution < -0.4 is 17.2 Å². The molecular formula is C10H13Cl2N3. The lowest BCUT2D eigenvalue weighted by molar-refractivity contribution is 1.69. The number of anilines is 3. The number of hydrogen-bond donors (Lipinski definition) is 3. The summed E-state index contributed by atoms with van der Waals surface area (Å²) in [6.07, 6.45) is 0. The summed E-state index contributed by atoms with van der Waals surface area (Å²) in [5, 5.41) is 1.97. The number of rotatable bonds is 0. The van der Waals surface area contributed by atoms with Crippen LogP contribution in [-0.4, -0.2) is 0 Å². The molecule has 0 aliphatic heterocycles. The van der Waals surface area contributed by atoms with Gasteiger partial charge in [0.2, 0.25) is 0 Å². The Morgan fingerprint density at radius 1 is 0.800 bits per heavy atom. The van der Waals surface area contributed by atoms with E-state index in [2.05, 4.69) is 0 Å². The van der Waals surface area contributed by atoms with Crippen LogP contribution in [0.1, 0.15) is 0 Å². The van der Waals surface area contributed by atoms with Crippen LogP contribution in [0.25, 0.3) is 10.8 Å². The van der Waals surface area contributed by atoms with Crippen LogP contribution in [-0.2, 0) is 0 Å². The van der Waals surface area contributed by atoms with Crippen molar-refractivity contribution < 1.29 is 0 Å². The molecule has 6 N–H and O–H groups in total. The number of benzene rings is 2. The second-order valence-corrected chi connectivity index (χ2v) is 3.01. The van der Waals surface area contributed by atoms with Gasteiger partial charge in [0.05, 0.1) is 17.1 Å². The standard InChI is InChI=1S/C10H11N3.2ClH/c11-8-5-6-3-1-2-4-7(6)9(12)10(8)13;;/h1-5H,11-13H2;2*1H. The van der Waals surface area contributed by atoms with E-state index in [1.807, 2.05) is 30.3 Å². The molecule has 0 saturated heterocycles. The van der Waals surface area contributed by atoms with Crippen LogP contribution in [0.15, 0.2) is 30.3 Å². The van der Waals surface area contributed by atoms with Crippen molar-refractivity contribution in [2.45, 2.75) is 0 Å². The molecule has 0 aliphatic rings. The predicted octanol–water partition coefficient (Wildman–Crippen LogP) is 2.43. The molecule has 0 heterocycles. The second-order valence-electron chi connectivity index (χ2n) is 3.01. The van der Waals surface area contributed by atoms with Crippen molar-refractivity contribution in [3.8, 4) is 0 Å². The molecule has 0 bridgehead atoms. The van der Waals surface area contributed by atoms with Crippen LogP contribution in [0.5, 0.6) is 0 Å². The van der Waals surface area contributed by atoms with E-state index >= 15 is 0 Å². The zero-order chi connectivity index (χ0) is 9.42. The van der Waals surface area contributed by atoms with Gasteiger partial charge >= 0.3 is 0 Å². The summed E-state index contributed by atoms with van der Waals surface area (Å²) in [5.41, 5.74) is 18.8. The first kappa shape index (κ1) is 13.7. The summed E-state index contributed by atoms with van der Waals surface area (Å²) in [7, 11) is 0. The topological polar surface area (TPSA) is 78.1 Å². The fourth-order valence-corrected chi connectivity index (χ4v) is 1.41. The van der Waals surface area contributed by atoms with Crippen molar-refractivity contribution >= 4 is 52.6 Å². The van der Waals surface area contributed by atoms with Gasteiger partial charge in [0.25, 0.3) is 0 Å². The lowest BCUT2D eigenvalue weighted by Gasteiger charge is -2.07. The Balaban J connectivity index is 0.000000980. The average molecular weight is 246 g/mol. The molecule has 0 aromatic heterocycles. The van der Waals surface area contributed by atoms with Gasteiger partial charge in [-0.15, -0.1) is 24.8 Å². The monoisotopic (exact) mass is 245 g/mol. The molecule has 0 fully saturated rings. The van der Waals surface area contributed by atoms with E-state index < -0.39 is 0 Å². The third-order valence-corrected chi connectivity index (χ3v) is 2.16. The van der Waals surface area contributed by atoms with Crippen LogP contribution in [0.2, 0.25) is 0 Å². The maximum atomic E-state index is 5.81. The lowest BCUT2D eigenvalue weighted by Crippen LogP contribution is -2.00. The van der Waals surface area contributed by atoms with Gasteiger partial charge in [-0.1, -0.05) is 24.3 Å². The van der Waals surface area contributed by atoms with Gasteiger partial charge in [0, 0.05) is 5.39 Å². The zero-order valence-electron chi connectivity index (χ0n) is 7.94. The van der Waals surface area contributed by atoms with E-state index in [0.717, 1.165) is 10.8 Å². The molecule has 82 valence electrons. The zero-order valence-corrected chi connectivity index (χ0v) is 9.57. The van der Waals surface area contributed by atoms with Crippen LogP contribution in [0.3, 0.4) is 0 Å². The van der Waals surface area contributed by atoms with E-state index in [-0.39, 0.29) is 24.8 Å². The van der Waals surface area contributed by atoms with Gasteiger partial charge in [-0.05, 0) is 11.5 Å². The van der Waals surface area contributed by atoms with Crippen molar-refractivity contribution in [3.63, 3.8) is 0 Å². The third-order valence-electron chi connectivity index (χ3n) is 2.16. The van der Waals surface area contributed by atoms with E-state index in [4.69, 9.17) is 17.2 Å². The number of hydrogen-bond acceptors (Lipinski definition) is 3. The van der Waals surface area contributed by atoms with Gasteiger partial charge in [-0.2, -0.15) is 0 Å². The molecule has 0 radical (unpaired) electrons. The summed E-state index contributed by atoms with van der Waals surface area (Å²) in [6.45, 7) is 0. The second kappa shape index (κ2) is 4.96. The molecule has 2 rings (SSSR count). The largest absolute Gasteiger partial charge is 0.397 e. The minimum absolute atomic E-state index is 0. The molecule has 2 aromatic rings. The maximum absolute atomic E-state index is 5.81. The Kier molecular flexibility index (Phi) is 4.52. The first-order valence-corrected chi connectivity index (χ1v) is 4.02. The summed E-state index contributed by atoms with van der Waals surface area (Å²) in [4.78, 5) is 0. The molecular weight excluding hydrogens is 233 g/mol. The quantitative estimate of drug-likeness (QED) is 0.624. The minimum Gasteiger partial charge on any atom is -0.397 e. The Bertz CT molecular complexity index is 471. The Labute approximate surface area is 100 Å². The summed E-state index contributed by atoms with van der Waals surface area (Å²) in [6, 6.07) is 9.59. The molecule has 5 heteroatoms. The molecule has 0 unspecified atom stereocenters. The summed E-state index contributed by atoms with van der Waals surface area (Å²) >= 11 is 0. The molecule has 3 nitrogen and oxygen atoms in total. The molecule has 0 spiro atoms. The molecule has 0 amide bonds. The van der Waals surface area contributed by atoms with Crippen LogP contribution >= 0.6 is 24.8 Å². The number of nitrogen functional groups attached to an aromatic ring is 3. The Hall–Kier alpha value is -1.32. The van der Waals surface area contributed by atoms with E-state index in [1.54, 1.807) is 0 Å². The van der Waals surface area contributed by atoms with Crippen molar-refractivity contribution in [2.75, 3.05) is 17.2 Å². The number of fused-ring (bicyclic) bond motifs is 1. The highest BCUT2D eigenvalue weighted by molar-refractivity contribution is 6.02. The lowest BCUT2D eigenvalue weighted by atomic mass is 10.1. The minimum atomic E-state index is 0. The Morgan fingerprint density at radius 2 is 1.40 bits per heavy atom. The van der Waals surface area contributed by atoms with Crippen LogP contribution in [0, 0.1) is 0 Å². The first-order valence-electron chi connectivity index (χ1n) is 4.02. The molecule has 15 heavy (non-hydrogen) atoms.